The number of hydrogen-bond acceptors (Lipinski definition) is 1. The Morgan fingerprint density at radius 3 is 2.43 bits per heavy atom. The molecule has 1 atom stereocenters. The summed E-state index contributed by atoms with van der Waals surface area (Å²) >= 11 is 0. The number of carbonyl (C=O) groups is 1. The second-order valence-corrected chi connectivity index (χ2v) is 6.36. The molecule has 2 aromatic carbocycles. The maximum atomic E-state index is 14.6. The highest BCUT2D eigenvalue weighted by molar-refractivity contribution is 5.94. The lowest BCUT2D eigenvalue weighted by molar-refractivity contribution is -0.123. The van der Waals surface area contributed by atoms with Crippen molar-refractivity contribution in [1.82, 2.24) is 0 Å². The van der Waals surface area contributed by atoms with Crippen molar-refractivity contribution >= 4 is 5.78 Å². The first kappa shape index (κ1) is 15.9. The van der Waals surface area contributed by atoms with Gasteiger partial charge in [0.05, 0.1) is 5.41 Å². The Morgan fingerprint density at radius 1 is 0.957 bits per heavy atom. The minimum Gasteiger partial charge on any atom is -0.298 e. The summed E-state index contributed by atoms with van der Waals surface area (Å²) in [6.45, 7) is 1.97. The molecule has 1 saturated carbocycles. The van der Waals surface area contributed by atoms with Crippen LogP contribution < -0.4 is 0 Å². The molecule has 3 rings (SSSR count). The number of hydrogen-bond donors (Lipinski definition) is 0. The first-order valence-corrected chi connectivity index (χ1v) is 8.10. The molecule has 3 heteroatoms. The average molecular weight is 314 g/mol. The fourth-order valence-electron chi connectivity index (χ4n) is 3.62. The fourth-order valence-corrected chi connectivity index (χ4v) is 3.62. The average Bonchev–Trinajstić information content (AvgIpc) is 2.73. The van der Waals surface area contributed by atoms with Crippen LogP contribution in [0.4, 0.5) is 8.78 Å². The molecule has 120 valence electrons. The van der Waals surface area contributed by atoms with Gasteiger partial charge in [-0.05, 0) is 31.4 Å². The van der Waals surface area contributed by atoms with Gasteiger partial charge in [0, 0.05) is 12.0 Å². The minimum atomic E-state index is -1.07. The highest BCUT2D eigenvalue weighted by Gasteiger charge is 2.44. The molecule has 0 radical (unpaired) electrons. The highest BCUT2D eigenvalue weighted by Crippen LogP contribution is 2.43. The summed E-state index contributed by atoms with van der Waals surface area (Å²) in [4.78, 5) is 13.0. The van der Waals surface area contributed by atoms with Gasteiger partial charge in [0.25, 0.3) is 0 Å². The van der Waals surface area contributed by atoms with Crippen LogP contribution in [-0.2, 0) is 10.2 Å². The fraction of sp³-hybridized carbons (Fsp3) is 0.350. The number of aryl methyl sites for hydroxylation is 1. The van der Waals surface area contributed by atoms with Crippen molar-refractivity contribution in [3.63, 3.8) is 0 Å². The Kier molecular flexibility index (Phi) is 4.29. The zero-order chi connectivity index (χ0) is 16.4. The number of halogens is 2. The molecule has 0 N–H and O–H groups in total. The molecular weight excluding hydrogens is 294 g/mol. The number of ketones is 1. The van der Waals surface area contributed by atoms with E-state index in [0.29, 0.717) is 12.8 Å². The van der Waals surface area contributed by atoms with Crippen molar-refractivity contribution in [2.45, 2.75) is 44.4 Å². The van der Waals surface area contributed by atoms with E-state index < -0.39 is 17.0 Å². The van der Waals surface area contributed by atoms with Crippen LogP contribution in [0.15, 0.2) is 42.5 Å². The molecule has 0 heterocycles. The second-order valence-electron chi connectivity index (χ2n) is 6.36. The van der Waals surface area contributed by atoms with Crippen LogP contribution in [0.5, 0.6) is 0 Å². The summed E-state index contributed by atoms with van der Waals surface area (Å²) in [6, 6.07) is 11.7. The van der Waals surface area contributed by atoms with E-state index in [9.17, 15) is 13.6 Å². The van der Waals surface area contributed by atoms with Crippen LogP contribution in [0.1, 0.15) is 48.8 Å². The largest absolute Gasteiger partial charge is 0.298 e. The van der Waals surface area contributed by atoms with E-state index in [1.807, 2.05) is 31.2 Å². The van der Waals surface area contributed by atoms with Crippen molar-refractivity contribution in [2.24, 2.45) is 0 Å². The molecular formula is C20H20F2O. The van der Waals surface area contributed by atoms with Crippen LogP contribution in [-0.4, -0.2) is 5.78 Å². The number of rotatable bonds is 2. The van der Waals surface area contributed by atoms with Crippen molar-refractivity contribution in [3.8, 4) is 0 Å². The Bertz CT molecular complexity index is 721. The molecule has 1 fully saturated rings. The van der Waals surface area contributed by atoms with Gasteiger partial charge in [0.15, 0.2) is 11.6 Å². The molecule has 0 spiro atoms. The van der Waals surface area contributed by atoms with Gasteiger partial charge >= 0.3 is 0 Å². The van der Waals surface area contributed by atoms with Gasteiger partial charge in [-0.1, -0.05) is 54.8 Å². The highest BCUT2D eigenvalue weighted by atomic mass is 19.2. The third-order valence-electron chi connectivity index (χ3n) is 4.89. The predicted molar refractivity (Wildman–Crippen MR) is 86.4 cm³/mol. The van der Waals surface area contributed by atoms with Gasteiger partial charge in [-0.2, -0.15) is 0 Å². The topological polar surface area (TPSA) is 17.1 Å². The van der Waals surface area contributed by atoms with Gasteiger partial charge in [0.2, 0.25) is 0 Å². The lowest BCUT2D eigenvalue weighted by atomic mass is 9.68. The molecule has 0 saturated heterocycles. The zero-order valence-corrected chi connectivity index (χ0v) is 13.2. The number of benzene rings is 2. The quantitative estimate of drug-likeness (QED) is 0.705. The van der Waals surface area contributed by atoms with E-state index in [1.54, 1.807) is 6.07 Å². The summed E-state index contributed by atoms with van der Waals surface area (Å²) < 4.78 is 28.4. The molecule has 1 aliphatic rings. The summed E-state index contributed by atoms with van der Waals surface area (Å²) in [6.07, 6.45) is 3.51. The van der Waals surface area contributed by atoms with Crippen molar-refractivity contribution in [2.75, 3.05) is 0 Å². The molecule has 23 heavy (non-hydrogen) atoms. The van der Waals surface area contributed by atoms with Gasteiger partial charge in [-0.3, -0.25) is 4.79 Å². The van der Waals surface area contributed by atoms with E-state index in [-0.39, 0.29) is 11.3 Å². The molecule has 1 aliphatic carbocycles. The third kappa shape index (κ3) is 2.69. The number of carbonyl (C=O) groups excluding carboxylic acids is 1. The molecule has 1 unspecified atom stereocenters. The Balaban J connectivity index is 2.26. The van der Waals surface area contributed by atoms with Crippen LogP contribution in [0.2, 0.25) is 0 Å². The van der Waals surface area contributed by atoms with E-state index in [1.165, 1.54) is 6.07 Å². The maximum absolute atomic E-state index is 14.6. The molecule has 0 amide bonds. The van der Waals surface area contributed by atoms with Crippen LogP contribution >= 0.6 is 0 Å². The van der Waals surface area contributed by atoms with Crippen LogP contribution in [0.3, 0.4) is 0 Å². The lowest BCUT2D eigenvalue weighted by Gasteiger charge is -2.33. The van der Waals surface area contributed by atoms with Crippen LogP contribution in [0.25, 0.3) is 0 Å². The van der Waals surface area contributed by atoms with Crippen molar-refractivity contribution in [3.05, 3.63) is 70.8 Å². The summed E-state index contributed by atoms with van der Waals surface area (Å²) in [5.41, 5.74) is 0.938. The Hall–Kier alpha value is -2.03. The summed E-state index contributed by atoms with van der Waals surface area (Å²) in [5, 5.41) is 0. The number of Topliss-reactive ketones (excluding diaryl/α,β-unsaturated/α-hetero) is 1. The molecule has 0 aromatic heterocycles. The van der Waals surface area contributed by atoms with Crippen molar-refractivity contribution in [1.29, 1.82) is 0 Å². The first-order chi connectivity index (χ1) is 11.1. The van der Waals surface area contributed by atoms with E-state index in [0.717, 1.165) is 36.5 Å². The smallest absolute Gasteiger partial charge is 0.163 e. The van der Waals surface area contributed by atoms with E-state index in [2.05, 4.69) is 0 Å². The monoisotopic (exact) mass is 314 g/mol. The van der Waals surface area contributed by atoms with Gasteiger partial charge in [0.1, 0.15) is 5.78 Å². The van der Waals surface area contributed by atoms with E-state index >= 15 is 0 Å². The Labute approximate surface area is 135 Å². The SMILES string of the molecule is Cc1ccc(C2(c3cccc(F)c3F)CCCCCC2=O)cc1. The molecule has 2 aromatic rings. The summed E-state index contributed by atoms with van der Waals surface area (Å²) in [7, 11) is 0. The van der Waals surface area contributed by atoms with Gasteiger partial charge in [-0.25, -0.2) is 8.78 Å². The van der Waals surface area contributed by atoms with Gasteiger partial charge < -0.3 is 0 Å². The standard InChI is InChI=1S/C20H20F2O/c1-14-9-11-15(12-10-14)20(13-4-2-3-8-18(20)23)16-6-5-7-17(21)19(16)22/h5-7,9-12H,2-4,8,13H2,1H3. The predicted octanol–water partition coefficient (Wildman–Crippen LogP) is 5.09. The van der Waals surface area contributed by atoms with Gasteiger partial charge in [-0.15, -0.1) is 0 Å². The second kappa shape index (κ2) is 6.23. The lowest BCUT2D eigenvalue weighted by Crippen LogP contribution is -2.37. The van der Waals surface area contributed by atoms with Crippen molar-refractivity contribution < 1.29 is 13.6 Å². The zero-order valence-electron chi connectivity index (χ0n) is 13.2. The maximum Gasteiger partial charge on any atom is 0.163 e. The first-order valence-electron chi connectivity index (χ1n) is 8.10. The summed E-state index contributed by atoms with van der Waals surface area (Å²) in [5.74, 6) is -1.81. The normalized spacial score (nSPS) is 22.0. The Morgan fingerprint density at radius 2 is 1.70 bits per heavy atom. The van der Waals surface area contributed by atoms with E-state index in [4.69, 9.17) is 0 Å². The molecule has 0 bridgehead atoms. The minimum absolute atomic E-state index is 0.0108. The molecule has 1 nitrogen and oxygen atoms in total. The molecule has 0 aliphatic heterocycles. The van der Waals surface area contributed by atoms with Crippen LogP contribution in [0, 0.1) is 18.6 Å². The third-order valence-corrected chi connectivity index (χ3v) is 4.89.